The van der Waals surface area contributed by atoms with Crippen molar-refractivity contribution in [3.63, 3.8) is 0 Å². The van der Waals surface area contributed by atoms with Gasteiger partial charge < -0.3 is 9.05 Å². The number of rotatable bonds is 6. The summed E-state index contributed by atoms with van der Waals surface area (Å²) in [6.45, 7) is 0. The highest BCUT2D eigenvalue weighted by Crippen LogP contribution is 2.64. The molecule has 0 atom stereocenters. The molecular weight excluding hydrogens is 375 g/mol. The molecule has 0 fully saturated rings. The number of hydrogen-bond donors (Lipinski definition) is 0. The van der Waals surface area contributed by atoms with E-state index >= 15 is 0 Å². The molecule has 0 bridgehead atoms. The Kier molecular flexibility index (Phi) is 5.97. The van der Waals surface area contributed by atoms with E-state index < -0.39 is 7.34 Å². The minimum absolute atomic E-state index is 0.862. The van der Waals surface area contributed by atoms with Gasteiger partial charge in [-0.1, -0.05) is 91.0 Å². The molecule has 0 radical (unpaired) electrons. The van der Waals surface area contributed by atoms with Crippen LogP contribution in [0.15, 0.2) is 109 Å². The van der Waals surface area contributed by atoms with E-state index in [1.807, 2.05) is 12.1 Å². The van der Waals surface area contributed by atoms with E-state index in [0.29, 0.717) is 0 Å². The summed E-state index contributed by atoms with van der Waals surface area (Å²) >= 11 is 0. The van der Waals surface area contributed by atoms with Crippen LogP contribution in [0.4, 0.5) is 0 Å². The summed E-state index contributed by atoms with van der Waals surface area (Å²) in [5.41, 5.74) is 4.81. The second-order valence-corrected chi connectivity index (χ2v) is 9.74. The minimum Gasteiger partial charge on any atom is -0.337 e. The fourth-order valence-electron chi connectivity index (χ4n) is 3.82. The monoisotopic (exact) mass is 400 g/mol. The van der Waals surface area contributed by atoms with E-state index in [9.17, 15) is 0 Å². The molecule has 0 amide bonds. The van der Waals surface area contributed by atoms with Gasteiger partial charge in [-0.05, 0) is 40.8 Å². The SMILES string of the molecule is COP1(OC)=C(c2ccccc2)C=C(Cc2ccccc2)C=C1c1ccccc1. The highest BCUT2D eigenvalue weighted by molar-refractivity contribution is 7.78. The van der Waals surface area contributed by atoms with Crippen LogP contribution < -0.4 is 0 Å². The third kappa shape index (κ3) is 3.93. The quantitative estimate of drug-likeness (QED) is 0.436. The standard InChI is InChI=1S/C26H25O2P/c1-27-29(28-2)25(23-14-8-4-9-15-23)19-22(18-21-12-6-3-7-13-21)20-26(29)24-16-10-5-11-17-24/h3-17,19-20H,18H2,1-2H3. The smallest absolute Gasteiger partial charge is 0.162 e. The number of hydrogen-bond acceptors (Lipinski definition) is 2. The first-order valence-electron chi connectivity index (χ1n) is 9.72. The Morgan fingerprint density at radius 3 is 1.69 bits per heavy atom. The maximum atomic E-state index is 6.20. The Bertz CT molecular complexity index is 1070. The number of benzene rings is 3. The molecule has 3 aromatic carbocycles. The zero-order chi connectivity index (χ0) is 20.1. The van der Waals surface area contributed by atoms with Gasteiger partial charge in [-0.2, -0.15) is 0 Å². The van der Waals surface area contributed by atoms with Crippen LogP contribution in [0, 0.1) is 0 Å². The maximum absolute atomic E-state index is 6.20. The average Bonchev–Trinajstić information content (AvgIpc) is 2.80. The predicted molar refractivity (Wildman–Crippen MR) is 124 cm³/mol. The maximum Gasteiger partial charge on any atom is 0.162 e. The molecule has 0 spiro atoms. The largest absolute Gasteiger partial charge is 0.337 e. The summed E-state index contributed by atoms with van der Waals surface area (Å²) < 4.78 is 12.4. The summed E-state index contributed by atoms with van der Waals surface area (Å²) in [4.78, 5) is 0. The van der Waals surface area contributed by atoms with Crippen molar-refractivity contribution in [1.29, 1.82) is 0 Å². The molecule has 0 aromatic heterocycles. The van der Waals surface area contributed by atoms with E-state index in [1.165, 1.54) is 11.1 Å². The molecule has 0 aliphatic carbocycles. The van der Waals surface area contributed by atoms with Gasteiger partial charge in [0.15, 0.2) is 7.34 Å². The highest BCUT2D eigenvalue weighted by Gasteiger charge is 2.32. The Balaban J connectivity index is 1.96. The molecule has 0 saturated heterocycles. The zero-order valence-electron chi connectivity index (χ0n) is 16.8. The fourth-order valence-corrected chi connectivity index (χ4v) is 6.66. The second-order valence-electron chi connectivity index (χ2n) is 6.95. The summed E-state index contributed by atoms with van der Waals surface area (Å²) in [6, 6.07) is 31.4. The van der Waals surface area contributed by atoms with E-state index in [4.69, 9.17) is 9.05 Å². The third-order valence-electron chi connectivity index (χ3n) is 5.18. The minimum atomic E-state index is -2.46. The lowest BCUT2D eigenvalue weighted by Gasteiger charge is -2.32. The molecule has 1 aliphatic heterocycles. The molecule has 0 N–H and O–H groups in total. The van der Waals surface area contributed by atoms with Gasteiger partial charge in [0.1, 0.15) is 0 Å². The van der Waals surface area contributed by atoms with Crippen LogP contribution in [0.3, 0.4) is 0 Å². The lowest BCUT2D eigenvalue weighted by Crippen LogP contribution is -2.12. The van der Waals surface area contributed by atoms with Crippen molar-refractivity contribution in [2.75, 3.05) is 14.2 Å². The van der Waals surface area contributed by atoms with E-state index in [2.05, 4.69) is 91.0 Å². The summed E-state index contributed by atoms with van der Waals surface area (Å²) in [5.74, 6) is 0. The molecule has 1 aliphatic rings. The molecule has 1 heterocycles. The van der Waals surface area contributed by atoms with Crippen LogP contribution in [0.25, 0.3) is 5.31 Å². The fraction of sp³-hybridized carbons (Fsp3) is 0.115. The highest BCUT2D eigenvalue weighted by atomic mass is 31.2. The summed E-state index contributed by atoms with van der Waals surface area (Å²) in [5, 5.41) is 2.24. The van der Waals surface area contributed by atoms with Crippen LogP contribution in [0.2, 0.25) is 0 Å². The van der Waals surface area contributed by atoms with Crippen molar-refractivity contribution in [3.05, 3.63) is 125 Å². The zero-order valence-corrected chi connectivity index (χ0v) is 17.7. The first kappa shape index (κ1) is 19.7. The van der Waals surface area contributed by atoms with Gasteiger partial charge >= 0.3 is 0 Å². The van der Waals surface area contributed by atoms with Gasteiger partial charge in [0.2, 0.25) is 0 Å². The molecule has 29 heavy (non-hydrogen) atoms. The van der Waals surface area contributed by atoms with Gasteiger partial charge in [0.25, 0.3) is 0 Å². The van der Waals surface area contributed by atoms with Crippen LogP contribution in [0.1, 0.15) is 16.7 Å². The van der Waals surface area contributed by atoms with Crippen LogP contribution >= 0.6 is 7.34 Å². The summed E-state index contributed by atoms with van der Waals surface area (Å²) in [7, 11) is 1.06. The molecular formula is C26H25O2P. The number of allylic oxidation sites excluding steroid dienone is 3. The van der Waals surface area contributed by atoms with Crippen LogP contribution in [0.5, 0.6) is 0 Å². The first-order chi connectivity index (χ1) is 14.3. The van der Waals surface area contributed by atoms with Gasteiger partial charge in [-0.3, -0.25) is 0 Å². The molecule has 2 nitrogen and oxygen atoms in total. The molecule has 4 rings (SSSR count). The Labute approximate surface area is 173 Å². The van der Waals surface area contributed by atoms with Crippen molar-refractivity contribution in [2.24, 2.45) is 0 Å². The lowest BCUT2D eigenvalue weighted by atomic mass is 10.0. The molecule has 3 heteroatoms. The van der Waals surface area contributed by atoms with Crippen molar-refractivity contribution in [3.8, 4) is 0 Å². The Morgan fingerprint density at radius 1 is 0.621 bits per heavy atom. The Morgan fingerprint density at radius 2 is 1.14 bits per heavy atom. The van der Waals surface area contributed by atoms with Crippen LogP contribution in [-0.4, -0.2) is 19.5 Å². The molecule has 146 valence electrons. The van der Waals surface area contributed by atoms with E-state index in [0.717, 1.165) is 28.2 Å². The topological polar surface area (TPSA) is 18.5 Å². The predicted octanol–water partition coefficient (Wildman–Crippen LogP) is 6.57. The Hall–Kier alpha value is -2.64. The average molecular weight is 400 g/mol. The van der Waals surface area contributed by atoms with Crippen molar-refractivity contribution in [2.45, 2.75) is 6.42 Å². The van der Waals surface area contributed by atoms with Gasteiger partial charge in [-0.15, -0.1) is 0 Å². The van der Waals surface area contributed by atoms with Crippen molar-refractivity contribution >= 4 is 17.9 Å². The first-order valence-corrected chi connectivity index (χ1v) is 11.3. The van der Waals surface area contributed by atoms with Gasteiger partial charge in [0, 0.05) is 24.8 Å². The molecule has 3 aromatic rings. The van der Waals surface area contributed by atoms with E-state index in [-0.39, 0.29) is 0 Å². The molecule has 0 saturated carbocycles. The van der Waals surface area contributed by atoms with Crippen molar-refractivity contribution in [1.82, 2.24) is 0 Å². The van der Waals surface area contributed by atoms with Crippen LogP contribution in [-0.2, 0) is 15.5 Å². The normalized spacial score (nSPS) is 15.6. The summed E-state index contributed by atoms with van der Waals surface area (Å²) in [6.07, 6.45) is 5.38. The molecule has 0 unspecified atom stereocenters. The van der Waals surface area contributed by atoms with Crippen molar-refractivity contribution < 1.29 is 9.05 Å². The second kappa shape index (κ2) is 8.80. The third-order valence-corrected chi connectivity index (χ3v) is 8.25. The van der Waals surface area contributed by atoms with Gasteiger partial charge in [-0.25, -0.2) is 0 Å². The van der Waals surface area contributed by atoms with Gasteiger partial charge in [0.05, 0.1) is 0 Å². The van der Waals surface area contributed by atoms with E-state index in [1.54, 1.807) is 14.2 Å². The lowest BCUT2D eigenvalue weighted by molar-refractivity contribution is 0.345.